The summed E-state index contributed by atoms with van der Waals surface area (Å²) in [5, 5.41) is 0. The van der Waals surface area contributed by atoms with Crippen LogP contribution >= 0.6 is 0 Å². The van der Waals surface area contributed by atoms with E-state index in [-0.39, 0.29) is 11.9 Å². The molecule has 1 atom stereocenters. The number of carbonyl (C=O) groups excluding carboxylic acids is 1. The van der Waals surface area contributed by atoms with Crippen LogP contribution in [0.25, 0.3) is 0 Å². The molecule has 0 radical (unpaired) electrons. The summed E-state index contributed by atoms with van der Waals surface area (Å²) in [6.45, 7) is 7.13. The molecule has 4 nitrogen and oxygen atoms in total. The standard InChI is InChI=1S/C33H52NO3/c1-5-7-8-9-10-11-13-18-29-21-23-32(24-22-29)36-25-16-17-26-37-33(35)31(6-2)28-34(3,4)27-30-19-14-12-15-20-30/h12,14-15,19-24,31H,5-11,13,16-18,25-28H2,1-4H3/q+1. The summed E-state index contributed by atoms with van der Waals surface area (Å²) < 4.78 is 12.3. The quantitative estimate of drug-likeness (QED) is 0.103. The van der Waals surface area contributed by atoms with Crippen molar-refractivity contribution in [2.24, 2.45) is 5.92 Å². The molecule has 0 saturated carbocycles. The minimum atomic E-state index is -0.0745. The molecule has 2 rings (SSSR count). The second-order valence-electron chi connectivity index (χ2n) is 11.1. The van der Waals surface area contributed by atoms with Crippen molar-refractivity contribution in [3.05, 3.63) is 65.7 Å². The molecule has 0 bridgehead atoms. The van der Waals surface area contributed by atoms with Crippen LogP contribution in [0.1, 0.15) is 89.2 Å². The number of unbranched alkanes of at least 4 members (excludes halogenated alkanes) is 7. The Morgan fingerprint density at radius 2 is 1.41 bits per heavy atom. The zero-order chi connectivity index (χ0) is 26.8. The monoisotopic (exact) mass is 510 g/mol. The van der Waals surface area contributed by atoms with Gasteiger partial charge in [0.25, 0.3) is 0 Å². The number of aryl methyl sites for hydroxylation is 1. The summed E-state index contributed by atoms with van der Waals surface area (Å²) in [4.78, 5) is 12.7. The predicted octanol–water partition coefficient (Wildman–Crippen LogP) is 7.98. The van der Waals surface area contributed by atoms with Gasteiger partial charge in [0.1, 0.15) is 18.2 Å². The molecule has 1 unspecified atom stereocenters. The molecule has 0 N–H and O–H groups in total. The van der Waals surface area contributed by atoms with Gasteiger partial charge in [0.15, 0.2) is 0 Å². The Morgan fingerprint density at radius 1 is 0.757 bits per heavy atom. The third-order valence-electron chi connectivity index (χ3n) is 7.04. The number of esters is 1. The van der Waals surface area contributed by atoms with Gasteiger partial charge in [-0.05, 0) is 49.8 Å². The average molecular weight is 511 g/mol. The molecule has 37 heavy (non-hydrogen) atoms. The molecular weight excluding hydrogens is 458 g/mol. The van der Waals surface area contributed by atoms with Crippen molar-refractivity contribution in [1.29, 1.82) is 0 Å². The average Bonchev–Trinajstić information content (AvgIpc) is 2.89. The second kappa shape index (κ2) is 18.0. The predicted molar refractivity (Wildman–Crippen MR) is 155 cm³/mol. The summed E-state index contributed by atoms with van der Waals surface area (Å²) in [7, 11) is 4.37. The molecule has 0 aliphatic carbocycles. The first-order valence-electron chi connectivity index (χ1n) is 14.7. The minimum absolute atomic E-state index is 0.0702. The lowest BCUT2D eigenvalue weighted by atomic mass is 10.0. The van der Waals surface area contributed by atoms with E-state index >= 15 is 0 Å². The molecule has 0 aliphatic heterocycles. The summed E-state index contributed by atoms with van der Waals surface area (Å²) in [6.07, 6.45) is 13.1. The zero-order valence-corrected chi connectivity index (χ0v) is 24.1. The highest BCUT2D eigenvalue weighted by Crippen LogP contribution is 2.17. The van der Waals surface area contributed by atoms with E-state index in [4.69, 9.17) is 9.47 Å². The van der Waals surface area contributed by atoms with Gasteiger partial charge in [-0.2, -0.15) is 0 Å². The molecule has 0 aliphatic rings. The minimum Gasteiger partial charge on any atom is -0.494 e. The van der Waals surface area contributed by atoms with E-state index in [1.807, 2.05) is 6.07 Å². The van der Waals surface area contributed by atoms with Gasteiger partial charge < -0.3 is 14.0 Å². The fraction of sp³-hybridized carbons (Fsp3) is 0.606. The zero-order valence-electron chi connectivity index (χ0n) is 24.1. The van der Waals surface area contributed by atoms with Crippen molar-refractivity contribution in [2.75, 3.05) is 33.9 Å². The van der Waals surface area contributed by atoms with Crippen LogP contribution in [0.15, 0.2) is 54.6 Å². The first-order valence-corrected chi connectivity index (χ1v) is 14.7. The van der Waals surface area contributed by atoms with Crippen molar-refractivity contribution in [1.82, 2.24) is 0 Å². The van der Waals surface area contributed by atoms with Crippen LogP contribution in [0, 0.1) is 5.92 Å². The van der Waals surface area contributed by atoms with Crippen molar-refractivity contribution >= 4 is 5.97 Å². The van der Waals surface area contributed by atoms with Crippen LogP contribution in [-0.4, -0.2) is 44.3 Å². The number of carbonyl (C=O) groups is 1. The van der Waals surface area contributed by atoms with Crippen LogP contribution in [0.4, 0.5) is 0 Å². The fourth-order valence-electron chi connectivity index (χ4n) is 4.83. The van der Waals surface area contributed by atoms with Crippen LogP contribution < -0.4 is 4.74 Å². The Kier molecular flexibility index (Phi) is 15.0. The summed E-state index contributed by atoms with van der Waals surface area (Å²) in [5.41, 5.74) is 2.68. The molecule has 4 heteroatoms. The van der Waals surface area contributed by atoms with Gasteiger partial charge in [0, 0.05) is 5.56 Å². The molecule has 0 amide bonds. The normalized spacial score (nSPS) is 12.3. The van der Waals surface area contributed by atoms with Gasteiger partial charge in [-0.25, -0.2) is 0 Å². The fourth-order valence-corrected chi connectivity index (χ4v) is 4.83. The van der Waals surface area contributed by atoms with Crippen molar-refractivity contribution < 1.29 is 18.8 Å². The molecular formula is C33H52NO3+. The molecule has 0 fully saturated rings. The van der Waals surface area contributed by atoms with E-state index in [1.54, 1.807) is 0 Å². The van der Waals surface area contributed by atoms with Crippen molar-refractivity contribution in [3.8, 4) is 5.75 Å². The Bertz CT molecular complexity index is 848. The van der Waals surface area contributed by atoms with E-state index in [0.29, 0.717) is 13.2 Å². The largest absolute Gasteiger partial charge is 0.494 e. The summed E-state index contributed by atoms with van der Waals surface area (Å²) in [5.74, 6) is 0.776. The Balaban J connectivity index is 1.57. The molecule has 206 valence electrons. The van der Waals surface area contributed by atoms with E-state index in [2.05, 4.69) is 76.5 Å². The molecule has 0 saturated heterocycles. The number of nitrogens with zero attached hydrogens (tertiary/aromatic N) is 1. The maximum Gasteiger partial charge on any atom is 0.314 e. The first kappa shape index (κ1) is 30.9. The van der Waals surface area contributed by atoms with Gasteiger partial charge >= 0.3 is 5.97 Å². The molecule has 0 spiro atoms. The van der Waals surface area contributed by atoms with Crippen LogP contribution in [0.2, 0.25) is 0 Å². The van der Waals surface area contributed by atoms with Gasteiger partial charge in [-0.15, -0.1) is 0 Å². The number of rotatable bonds is 20. The van der Waals surface area contributed by atoms with E-state index in [9.17, 15) is 4.79 Å². The lowest BCUT2D eigenvalue weighted by molar-refractivity contribution is -0.906. The number of benzene rings is 2. The molecule has 0 aromatic heterocycles. The number of hydrogen-bond acceptors (Lipinski definition) is 3. The molecule has 2 aromatic rings. The lowest BCUT2D eigenvalue weighted by Gasteiger charge is -2.32. The topological polar surface area (TPSA) is 35.5 Å². The third-order valence-corrected chi connectivity index (χ3v) is 7.04. The van der Waals surface area contributed by atoms with Gasteiger partial charge in [-0.3, -0.25) is 4.79 Å². The SMILES string of the molecule is CCCCCCCCCc1ccc(OCCCCOC(=O)C(CC)C[N+](C)(C)Cc2ccccc2)cc1. The second-order valence-corrected chi connectivity index (χ2v) is 11.1. The first-order chi connectivity index (χ1) is 17.9. The highest BCUT2D eigenvalue weighted by molar-refractivity contribution is 5.72. The highest BCUT2D eigenvalue weighted by Gasteiger charge is 2.27. The Labute approximate surface area is 227 Å². The summed E-state index contributed by atoms with van der Waals surface area (Å²) >= 11 is 0. The van der Waals surface area contributed by atoms with Gasteiger partial charge in [0.05, 0.1) is 33.9 Å². The number of quaternary nitrogens is 1. The maximum absolute atomic E-state index is 12.7. The number of ether oxygens (including phenoxy) is 2. The molecule has 0 heterocycles. The smallest absolute Gasteiger partial charge is 0.314 e. The third kappa shape index (κ3) is 13.7. The Hall–Kier alpha value is -2.33. The highest BCUT2D eigenvalue weighted by atomic mass is 16.5. The van der Waals surface area contributed by atoms with Gasteiger partial charge in [0.2, 0.25) is 0 Å². The van der Waals surface area contributed by atoms with Crippen LogP contribution in [-0.2, 0) is 22.5 Å². The molecule has 2 aromatic carbocycles. The van der Waals surface area contributed by atoms with E-state index in [0.717, 1.165) is 49.0 Å². The van der Waals surface area contributed by atoms with Crippen LogP contribution in [0.3, 0.4) is 0 Å². The van der Waals surface area contributed by atoms with Gasteiger partial charge in [-0.1, -0.05) is 94.8 Å². The summed E-state index contributed by atoms with van der Waals surface area (Å²) in [6, 6.07) is 19.0. The van der Waals surface area contributed by atoms with Crippen LogP contribution in [0.5, 0.6) is 5.75 Å². The van der Waals surface area contributed by atoms with Crippen molar-refractivity contribution in [3.63, 3.8) is 0 Å². The van der Waals surface area contributed by atoms with Crippen molar-refractivity contribution in [2.45, 2.75) is 91.0 Å². The van der Waals surface area contributed by atoms with E-state index < -0.39 is 0 Å². The maximum atomic E-state index is 12.7. The number of hydrogen-bond donors (Lipinski definition) is 0. The lowest BCUT2D eigenvalue weighted by Crippen LogP contribution is -2.44. The Morgan fingerprint density at radius 3 is 2.08 bits per heavy atom. The van der Waals surface area contributed by atoms with E-state index in [1.165, 1.54) is 56.1 Å².